The number of carboxylic acids is 1. The third-order valence-corrected chi connectivity index (χ3v) is 4.49. The average molecular weight is 339 g/mol. The number of carbonyl (C=O) groups excluding carboxylic acids is 1. The van der Waals surface area contributed by atoms with Gasteiger partial charge in [0.1, 0.15) is 11.5 Å². The summed E-state index contributed by atoms with van der Waals surface area (Å²) in [6.45, 7) is 0. The zero-order valence-corrected chi connectivity index (χ0v) is 13.9. The lowest BCUT2D eigenvalue weighted by atomic mass is 9.86. The average Bonchev–Trinajstić information content (AvgIpc) is 2.63. The number of rotatable bonds is 5. The van der Waals surface area contributed by atoms with Crippen LogP contribution in [0, 0.1) is 5.92 Å². The molecule has 3 rings (SSSR count). The molecule has 0 spiro atoms. The van der Waals surface area contributed by atoms with Gasteiger partial charge in [-0.1, -0.05) is 24.3 Å². The molecule has 1 aliphatic rings. The van der Waals surface area contributed by atoms with Gasteiger partial charge < -0.3 is 15.2 Å². The van der Waals surface area contributed by atoms with E-state index in [9.17, 15) is 9.59 Å². The molecule has 1 amide bonds. The summed E-state index contributed by atoms with van der Waals surface area (Å²) in [4.78, 5) is 23.4. The third kappa shape index (κ3) is 4.59. The van der Waals surface area contributed by atoms with Gasteiger partial charge in [0.15, 0.2) is 0 Å². The van der Waals surface area contributed by atoms with Crippen molar-refractivity contribution >= 4 is 11.9 Å². The van der Waals surface area contributed by atoms with Crippen molar-refractivity contribution < 1.29 is 19.4 Å². The van der Waals surface area contributed by atoms with E-state index in [1.807, 2.05) is 36.4 Å². The molecule has 5 heteroatoms. The largest absolute Gasteiger partial charge is 0.481 e. The molecular formula is C20H21NO4. The second kappa shape index (κ2) is 7.83. The predicted molar refractivity (Wildman–Crippen MR) is 93.8 cm³/mol. The van der Waals surface area contributed by atoms with Crippen molar-refractivity contribution in [3.8, 4) is 11.5 Å². The first-order valence-electron chi connectivity index (χ1n) is 8.48. The number of hydrogen-bond donors (Lipinski definition) is 2. The number of ether oxygens (including phenoxy) is 1. The highest BCUT2D eigenvalue weighted by atomic mass is 16.5. The number of carbonyl (C=O) groups is 2. The molecule has 2 aromatic rings. The van der Waals surface area contributed by atoms with Gasteiger partial charge in [0, 0.05) is 11.6 Å². The van der Waals surface area contributed by atoms with Gasteiger partial charge in [0.2, 0.25) is 0 Å². The van der Waals surface area contributed by atoms with E-state index in [0.717, 1.165) is 0 Å². The molecule has 0 atom stereocenters. The molecule has 0 unspecified atom stereocenters. The van der Waals surface area contributed by atoms with Crippen LogP contribution in [0.25, 0.3) is 0 Å². The number of nitrogens with one attached hydrogen (secondary N) is 1. The van der Waals surface area contributed by atoms with E-state index in [0.29, 0.717) is 42.7 Å². The summed E-state index contributed by atoms with van der Waals surface area (Å²) in [6, 6.07) is 16.5. The SMILES string of the molecule is O=C(NC1CCC(C(=O)O)CC1)c1cccc(Oc2ccccc2)c1. The monoisotopic (exact) mass is 339 g/mol. The van der Waals surface area contributed by atoms with Crippen molar-refractivity contribution in [1.82, 2.24) is 5.32 Å². The maximum Gasteiger partial charge on any atom is 0.306 e. The number of aliphatic carboxylic acids is 1. The van der Waals surface area contributed by atoms with Crippen LogP contribution in [0.4, 0.5) is 0 Å². The third-order valence-electron chi connectivity index (χ3n) is 4.49. The Morgan fingerprint density at radius 1 is 0.920 bits per heavy atom. The van der Waals surface area contributed by atoms with E-state index < -0.39 is 5.97 Å². The summed E-state index contributed by atoms with van der Waals surface area (Å²) in [5.74, 6) is 0.143. The molecule has 0 saturated heterocycles. The summed E-state index contributed by atoms with van der Waals surface area (Å²) in [6.07, 6.45) is 2.61. The Bertz CT molecular complexity index is 736. The first-order chi connectivity index (χ1) is 12.1. The van der Waals surface area contributed by atoms with Gasteiger partial charge in [-0.05, 0) is 56.0 Å². The zero-order valence-electron chi connectivity index (χ0n) is 13.9. The standard InChI is InChI=1S/C20H21NO4/c22-19(21-16-11-9-14(10-12-16)20(23)24)15-5-4-8-18(13-15)25-17-6-2-1-3-7-17/h1-8,13-14,16H,9-12H2,(H,21,22)(H,23,24). The molecule has 0 aliphatic heterocycles. The van der Waals surface area contributed by atoms with Crippen LogP contribution in [-0.2, 0) is 4.79 Å². The molecule has 130 valence electrons. The number of carboxylic acid groups (broad SMARTS) is 1. The fourth-order valence-electron chi connectivity index (χ4n) is 3.08. The summed E-state index contributed by atoms with van der Waals surface area (Å²) in [5.41, 5.74) is 0.536. The Kier molecular flexibility index (Phi) is 5.33. The molecule has 5 nitrogen and oxygen atoms in total. The van der Waals surface area contributed by atoms with E-state index >= 15 is 0 Å². The molecule has 1 fully saturated rings. The minimum absolute atomic E-state index is 0.0294. The molecule has 25 heavy (non-hydrogen) atoms. The maximum atomic E-state index is 12.4. The minimum atomic E-state index is -0.740. The van der Waals surface area contributed by atoms with Gasteiger partial charge in [0.25, 0.3) is 5.91 Å². The number of amides is 1. The highest BCUT2D eigenvalue weighted by Crippen LogP contribution is 2.25. The van der Waals surface area contributed by atoms with Crippen molar-refractivity contribution in [2.45, 2.75) is 31.7 Å². The first kappa shape index (κ1) is 17.0. The van der Waals surface area contributed by atoms with E-state index in [1.54, 1.807) is 18.2 Å². The van der Waals surface area contributed by atoms with E-state index in [-0.39, 0.29) is 17.9 Å². The van der Waals surface area contributed by atoms with Crippen LogP contribution in [0.1, 0.15) is 36.0 Å². The fourth-order valence-corrected chi connectivity index (χ4v) is 3.08. The molecular weight excluding hydrogens is 318 g/mol. The summed E-state index contributed by atoms with van der Waals surface area (Å²) >= 11 is 0. The summed E-state index contributed by atoms with van der Waals surface area (Å²) < 4.78 is 5.75. The minimum Gasteiger partial charge on any atom is -0.481 e. The smallest absolute Gasteiger partial charge is 0.306 e. The van der Waals surface area contributed by atoms with Crippen LogP contribution in [0.3, 0.4) is 0 Å². The molecule has 2 N–H and O–H groups in total. The van der Waals surface area contributed by atoms with Crippen LogP contribution in [0.5, 0.6) is 11.5 Å². The Morgan fingerprint density at radius 2 is 1.60 bits per heavy atom. The molecule has 0 aromatic heterocycles. The van der Waals surface area contributed by atoms with Gasteiger partial charge in [-0.15, -0.1) is 0 Å². The lowest BCUT2D eigenvalue weighted by Gasteiger charge is -2.26. The molecule has 0 heterocycles. The van der Waals surface area contributed by atoms with Crippen LogP contribution in [-0.4, -0.2) is 23.0 Å². The molecule has 1 aliphatic carbocycles. The van der Waals surface area contributed by atoms with Crippen LogP contribution in [0.15, 0.2) is 54.6 Å². The van der Waals surface area contributed by atoms with Gasteiger partial charge in [-0.25, -0.2) is 0 Å². The van der Waals surface area contributed by atoms with Crippen LogP contribution in [0.2, 0.25) is 0 Å². The first-order valence-corrected chi connectivity index (χ1v) is 8.48. The van der Waals surface area contributed by atoms with Gasteiger partial charge in [-0.2, -0.15) is 0 Å². The Balaban J connectivity index is 1.59. The van der Waals surface area contributed by atoms with Crippen LogP contribution >= 0.6 is 0 Å². The normalized spacial score (nSPS) is 19.8. The van der Waals surface area contributed by atoms with E-state index in [4.69, 9.17) is 9.84 Å². The van der Waals surface area contributed by atoms with Crippen molar-refractivity contribution in [2.75, 3.05) is 0 Å². The van der Waals surface area contributed by atoms with Gasteiger partial charge in [-0.3, -0.25) is 9.59 Å². The Morgan fingerprint density at radius 3 is 2.28 bits per heavy atom. The fraction of sp³-hybridized carbons (Fsp3) is 0.300. The van der Waals surface area contributed by atoms with Crippen molar-refractivity contribution in [3.05, 3.63) is 60.2 Å². The molecule has 0 radical (unpaired) electrons. The quantitative estimate of drug-likeness (QED) is 0.867. The predicted octanol–water partition coefficient (Wildman–Crippen LogP) is 3.85. The van der Waals surface area contributed by atoms with Crippen molar-refractivity contribution in [2.24, 2.45) is 5.92 Å². The molecule has 1 saturated carbocycles. The highest BCUT2D eigenvalue weighted by molar-refractivity contribution is 5.94. The summed E-state index contributed by atoms with van der Waals surface area (Å²) in [7, 11) is 0. The van der Waals surface area contributed by atoms with Crippen LogP contribution < -0.4 is 10.1 Å². The Labute approximate surface area is 146 Å². The van der Waals surface area contributed by atoms with Gasteiger partial charge in [0.05, 0.1) is 5.92 Å². The zero-order chi connectivity index (χ0) is 17.6. The lowest BCUT2D eigenvalue weighted by Crippen LogP contribution is -2.38. The summed E-state index contributed by atoms with van der Waals surface area (Å²) in [5, 5.41) is 12.0. The van der Waals surface area contributed by atoms with E-state index in [2.05, 4.69) is 5.32 Å². The topological polar surface area (TPSA) is 75.6 Å². The molecule has 0 bridgehead atoms. The van der Waals surface area contributed by atoms with Gasteiger partial charge >= 0.3 is 5.97 Å². The lowest BCUT2D eigenvalue weighted by molar-refractivity contribution is -0.142. The highest BCUT2D eigenvalue weighted by Gasteiger charge is 2.26. The molecule has 2 aromatic carbocycles. The van der Waals surface area contributed by atoms with E-state index in [1.165, 1.54) is 0 Å². The van der Waals surface area contributed by atoms with Crippen molar-refractivity contribution in [1.29, 1.82) is 0 Å². The number of hydrogen-bond acceptors (Lipinski definition) is 3. The Hall–Kier alpha value is -2.82. The second-order valence-corrected chi connectivity index (χ2v) is 6.30. The van der Waals surface area contributed by atoms with Crippen molar-refractivity contribution in [3.63, 3.8) is 0 Å². The number of para-hydroxylation sites is 1. The number of benzene rings is 2. The second-order valence-electron chi connectivity index (χ2n) is 6.30. The maximum absolute atomic E-state index is 12.4.